The van der Waals surface area contributed by atoms with Gasteiger partial charge in [0.15, 0.2) is 5.65 Å². The summed E-state index contributed by atoms with van der Waals surface area (Å²) in [5.41, 5.74) is 3.50. The van der Waals surface area contributed by atoms with E-state index in [2.05, 4.69) is 10.3 Å². The zero-order valence-electron chi connectivity index (χ0n) is 19.1. The number of aryl methyl sites for hydroxylation is 1. The molecule has 0 saturated heterocycles. The Morgan fingerprint density at radius 2 is 1.58 bits per heavy atom. The maximum atomic E-state index is 13.0. The van der Waals surface area contributed by atoms with Gasteiger partial charge in [0.05, 0.1) is 12.1 Å². The van der Waals surface area contributed by atoms with E-state index in [-0.39, 0.29) is 29.3 Å². The van der Waals surface area contributed by atoms with E-state index in [4.69, 9.17) is 0 Å². The molecule has 0 unspecified atom stereocenters. The minimum atomic E-state index is -0.481. The Hall–Kier alpha value is -4.00. The number of fused-ring (bicyclic) bond motifs is 1. The summed E-state index contributed by atoms with van der Waals surface area (Å²) >= 11 is 0. The van der Waals surface area contributed by atoms with Crippen LogP contribution in [0.3, 0.4) is 0 Å². The topological polar surface area (TPSA) is 86.0 Å². The van der Waals surface area contributed by atoms with E-state index in [1.165, 1.54) is 11.6 Å². The van der Waals surface area contributed by atoms with E-state index in [0.717, 1.165) is 26.8 Å². The first kappa shape index (κ1) is 22.2. The predicted molar refractivity (Wildman–Crippen MR) is 131 cm³/mol. The van der Waals surface area contributed by atoms with Gasteiger partial charge < -0.3 is 5.32 Å². The van der Waals surface area contributed by atoms with E-state index in [1.807, 2.05) is 68.4 Å². The molecule has 2 aromatic heterocycles. The lowest BCUT2D eigenvalue weighted by Gasteiger charge is -2.17. The first-order valence-corrected chi connectivity index (χ1v) is 10.8. The second kappa shape index (κ2) is 8.86. The predicted octanol–water partition coefficient (Wildman–Crippen LogP) is 3.60. The third-order valence-corrected chi connectivity index (χ3v) is 5.81. The number of carbonyl (C=O) groups excluding carboxylic acids is 1. The minimum Gasteiger partial charge on any atom is -0.325 e. The number of carbonyl (C=O) groups is 1. The Morgan fingerprint density at radius 3 is 2.21 bits per heavy atom. The molecule has 7 nitrogen and oxygen atoms in total. The lowest BCUT2D eigenvalue weighted by molar-refractivity contribution is -0.115. The van der Waals surface area contributed by atoms with Crippen LogP contribution in [0.1, 0.15) is 30.9 Å². The second-order valence-corrected chi connectivity index (χ2v) is 8.44. The zero-order valence-corrected chi connectivity index (χ0v) is 19.1. The van der Waals surface area contributed by atoms with E-state index in [9.17, 15) is 14.4 Å². The molecule has 0 radical (unpaired) electrons. The van der Waals surface area contributed by atoms with Crippen LogP contribution in [-0.2, 0) is 25.3 Å². The summed E-state index contributed by atoms with van der Waals surface area (Å²) in [4.78, 5) is 42.6. The lowest BCUT2D eigenvalue weighted by Crippen LogP contribution is -2.38. The van der Waals surface area contributed by atoms with Crippen molar-refractivity contribution in [2.45, 2.75) is 26.2 Å². The molecule has 0 aliphatic carbocycles. The van der Waals surface area contributed by atoms with Crippen LogP contribution in [0.4, 0.5) is 5.69 Å². The average Bonchev–Trinajstić information content (AvgIpc) is 2.82. The monoisotopic (exact) mass is 442 g/mol. The highest BCUT2D eigenvalue weighted by Crippen LogP contribution is 2.29. The number of benzene rings is 2. The number of anilines is 1. The smallest absolute Gasteiger partial charge is 0.325 e. The third-order valence-electron chi connectivity index (χ3n) is 5.81. The fourth-order valence-electron chi connectivity index (χ4n) is 3.93. The zero-order chi connectivity index (χ0) is 23.7. The van der Waals surface area contributed by atoms with Crippen LogP contribution in [0.5, 0.6) is 0 Å². The van der Waals surface area contributed by atoms with Crippen molar-refractivity contribution in [3.63, 3.8) is 0 Å². The maximum Gasteiger partial charge on any atom is 0.332 e. The van der Waals surface area contributed by atoms with Gasteiger partial charge in [0.2, 0.25) is 5.91 Å². The van der Waals surface area contributed by atoms with E-state index in [1.54, 1.807) is 13.2 Å². The summed E-state index contributed by atoms with van der Waals surface area (Å²) in [5.74, 6) is -0.225. The summed E-state index contributed by atoms with van der Waals surface area (Å²) in [6.07, 6.45) is 1.78. The van der Waals surface area contributed by atoms with Gasteiger partial charge in [0.1, 0.15) is 5.39 Å². The minimum absolute atomic E-state index is 0.0179. The van der Waals surface area contributed by atoms with Crippen LogP contribution in [0.2, 0.25) is 0 Å². The van der Waals surface area contributed by atoms with Crippen LogP contribution in [0.25, 0.3) is 22.2 Å². The number of aromatic nitrogens is 3. The van der Waals surface area contributed by atoms with Crippen molar-refractivity contribution in [1.82, 2.24) is 14.1 Å². The molecule has 0 saturated carbocycles. The van der Waals surface area contributed by atoms with Gasteiger partial charge in [0.25, 0.3) is 5.56 Å². The van der Waals surface area contributed by atoms with E-state index in [0.29, 0.717) is 5.69 Å². The SMILES string of the molecule is CC(C)c1cnc2c(c1NC(=O)Cc1ccc(-c3ccccc3)cc1)c(=O)n(C)c(=O)n2C. The van der Waals surface area contributed by atoms with Crippen molar-refractivity contribution in [3.8, 4) is 11.1 Å². The molecule has 2 heterocycles. The van der Waals surface area contributed by atoms with E-state index >= 15 is 0 Å². The lowest BCUT2D eigenvalue weighted by atomic mass is 10.0. The molecule has 4 rings (SSSR count). The van der Waals surface area contributed by atoms with Crippen LogP contribution in [-0.4, -0.2) is 20.0 Å². The van der Waals surface area contributed by atoms with Crippen molar-refractivity contribution in [2.24, 2.45) is 14.1 Å². The highest BCUT2D eigenvalue weighted by molar-refractivity contribution is 6.01. The molecule has 4 aromatic rings. The Labute approximate surface area is 191 Å². The first-order valence-electron chi connectivity index (χ1n) is 10.8. The largest absolute Gasteiger partial charge is 0.332 e. The molecular weight excluding hydrogens is 416 g/mol. The molecule has 1 amide bonds. The summed E-state index contributed by atoms with van der Waals surface area (Å²) in [6.45, 7) is 3.93. The standard InChI is InChI=1S/C26H26N4O3/c1-16(2)20-15-27-24-22(25(32)30(4)26(33)29(24)3)23(20)28-21(31)14-17-10-12-19(13-11-17)18-8-6-5-7-9-18/h5-13,15-16H,14H2,1-4H3,(H,27,28,31). The van der Waals surface area contributed by atoms with Crippen molar-refractivity contribution < 1.29 is 4.79 Å². The highest BCUT2D eigenvalue weighted by Gasteiger charge is 2.20. The molecule has 168 valence electrons. The van der Waals surface area contributed by atoms with Gasteiger partial charge in [-0.05, 0) is 28.2 Å². The molecule has 0 atom stereocenters. The molecule has 0 fully saturated rings. The summed E-state index contributed by atoms with van der Waals surface area (Å²) in [6, 6.07) is 17.9. The van der Waals surface area contributed by atoms with Crippen molar-refractivity contribution in [1.29, 1.82) is 0 Å². The Kier molecular flexibility index (Phi) is 5.96. The van der Waals surface area contributed by atoms with Crippen LogP contribution in [0.15, 0.2) is 70.4 Å². The van der Waals surface area contributed by atoms with Crippen LogP contribution < -0.4 is 16.6 Å². The summed E-state index contributed by atoms with van der Waals surface area (Å²) in [7, 11) is 2.98. The molecule has 33 heavy (non-hydrogen) atoms. The Bertz CT molecular complexity index is 1450. The Morgan fingerprint density at radius 1 is 0.939 bits per heavy atom. The van der Waals surface area contributed by atoms with E-state index < -0.39 is 11.2 Å². The highest BCUT2D eigenvalue weighted by atomic mass is 16.2. The summed E-state index contributed by atoms with van der Waals surface area (Å²) < 4.78 is 2.35. The molecule has 0 bridgehead atoms. The quantitative estimate of drug-likeness (QED) is 0.512. The third kappa shape index (κ3) is 4.22. The molecular formula is C26H26N4O3. The molecule has 2 aromatic carbocycles. The van der Waals surface area contributed by atoms with Crippen LogP contribution in [0, 0.1) is 0 Å². The molecule has 0 spiro atoms. The van der Waals surface area contributed by atoms with Gasteiger partial charge in [-0.2, -0.15) is 0 Å². The van der Waals surface area contributed by atoms with Gasteiger partial charge in [-0.1, -0.05) is 68.4 Å². The fraction of sp³-hybridized carbons (Fsp3) is 0.231. The van der Waals surface area contributed by atoms with Crippen molar-refractivity contribution >= 4 is 22.6 Å². The number of rotatable bonds is 5. The van der Waals surface area contributed by atoms with Gasteiger partial charge in [-0.15, -0.1) is 0 Å². The number of hydrogen-bond acceptors (Lipinski definition) is 4. The van der Waals surface area contributed by atoms with Gasteiger partial charge >= 0.3 is 5.69 Å². The normalized spacial score (nSPS) is 11.2. The first-order chi connectivity index (χ1) is 15.8. The number of amides is 1. The number of pyridine rings is 1. The fourth-order valence-corrected chi connectivity index (χ4v) is 3.93. The number of nitrogens with zero attached hydrogens (tertiary/aromatic N) is 3. The van der Waals surface area contributed by atoms with Gasteiger partial charge in [-0.3, -0.25) is 18.7 Å². The molecule has 0 aliphatic heterocycles. The van der Waals surface area contributed by atoms with Crippen LogP contribution >= 0.6 is 0 Å². The number of hydrogen-bond donors (Lipinski definition) is 1. The van der Waals surface area contributed by atoms with Gasteiger partial charge in [-0.25, -0.2) is 9.78 Å². The molecule has 0 aliphatic rings. The number of nitrogens with one attached hydrogen (secondary N) is 1. The maximum absolute atomic E-state index is 13.0. The molecule has 1 N–H and O–H groups in total. The molecule has 7 heteroatoms. The van der Waals surface area contributed by atoms with Crippen molar-refractivity contribution in [3.05, 3.63) is 92.8 Å². The van der Waals surface area contributed by atoms with Gasteiger partial charge in [0, 0.05) is 20.3 Å². The van der Waals surface area contributed by atoms with Crippen molar-refractivity contribution in [2.75, 3.05) is 5.32 Å². The average molecular weight is 443 g/mol. The second-order valence-electron chi connectivity index (χ2n) is 8.44. The summed E-state index contributed by atoms with van der Waals surface area (Å²) in [5, 5.41) is 3.17. The Balaban J connectivity index is 1.68.